The summed E-state index contributed by atoms with van der Waals surface area (Å²) in [6.45, 7) is 15.9. The predicted octanol–water partition coefficient (Wildman–Crippen LogP) is 1.17. The summed E-state index contributed by atoms with van der Waals surface area (Å²) in [6.07, 6.45) is 0. The van der Waals surface area contributed by atoms with Crippen LogP contribution in [0.2, 0.25) is 0 Å². The average molecular weight is 255 g/mol. The first-order chi connectivity index (χ1) is 8.40. The molecule has 0 aromatic heterocycles. The van der Waals surface area contributed by atoms with Crippen LogP contribution in [-0.2, 0) is 4.79 Å². The van der Waals surface area contributed by atoms with Crippen molar-refractivity contribution in [2.45, 2.75) is 46.7 Å². The molecule has 4 heteroatoms. The predicted molar refractivity (Wildman–Crippen MR) is 75.6 cm³/mol. The molecule has 1 heterocycles. The summed E-state index contributed by atoms with van der Waals surface area (Å²) < 4.78 is 0. The number of rotatable bonds is 5. The second-order valence-electron chi connectivity index (χ2n) is 5.99. The van der Waals surface area contributed by atoms with Crippen molar-refractivity contribution in [2.75, 3.05) is 32.7 Å². The lowest BCUT2D eigenvalue weighted by Crippen LogP contribution is -2.52. The highest BCUT2D eigenvalue weighted by Gasteiger charge is 2.20. The lowest BCUT2D eigenvalue weighted by molar-refractivity contribution is -0.124. The lowest BCUT2D eigenvalue weighted by Gasteiger charge is -2.38. The van der Waals surface area contributed by atoms with Crippen molar-refractivity contribution < 1.29 is 4.79 Å². The van der Waals surface area contributed by atoms with Crippen molar-refractivity contribution in [3.05, 3.63) is 0 Å². The van der Waals surface area contributed by atoms with Crippen molar-refractivity contribution in [1.82, 2.24) is 15.1 Å². The van der Waals surface area contributed by atoms with Gasteiger partial charge in [0.25, 0.3) is 0 Å². The summed E-state index contributed by atoms with van der Waals surface area (Å²) in [7, 11) is 0. The van der Waals surface area contributed by atoms with Crippen molar-refractivity contribution in [2.24, 2.45) is 5.92 Å². The zero-order valence-electron chi connectivity index (χ0n) is 12.6. The Hall–Kier alpha value is -0.610. The second kappa shape index (κ2) is 7.10. The number of carbonyl (C=O) groups excluding carboxylic acids is 1. The average Bonchev–Trinajstić information content (AvgIpc) is 2.29. The minimum Gasteiger partial charge on any atom is -0.352 e. The standard InChI is InChI=1S/C14H29N3O/c1-11(2)14(18)15-13(5)10-16-6-8-17(9-7-16)12(3)4/h11-13H,6-10H2,1-5H3,(H,15,18). The molecule has 1 fully saturated rings. The molecule has 106 valence electrons. The summed E-state index contributed by atoms with van der Waals surface area (Å²) in [5.74, 6) is 0.230. The summed E-state index contributed by atoms with van der Waals surface area (Å²) >= 11 is 0. The minimum absolute atomic E-state index is 0.0743. The molecule has 1 saturated heterocycles. The van der Waals surface area contributed by atoms with Gasteiger partial charge < -0.3 is 5.32 Å². The van der Waals surface area contributed by atoms with Crippen molar-refractivity contribution >= 4 is 5.91 Å². The largest absolute Gasteiger partial charge is 0.352 e. The topological polar surface area (TPSA) is 35.6 Å². The van der Waals surface area contributed by atoms with Gasteiger partial charge in [-0.1, -0.05) is 13.8 Å². The van der Waals surface area contributed by atoms with Gasteiger partial charge in [-0.25, -0.2) is 0 Å². The third-order valence-electron chi connectivity index (χ3n) is 3.58. The normalized spacial score (nSPS) is 20.4. The Kier molecular flexibility index (Phi) is 6.09. The molecule has 1 aliphatic rings. The van der Waals surface area contributed by atoms with E-state index in [0.29, 0.717) is 6.04 Å². The molecule has 0 saturated carbocycles. The van der Waals surface area contributed by atoms with Gasteiger partial charge in [-0.15, -0.1) is 0 Å². The number of carbonyl (C=O) groups is 1. The highest BCUT2D eigenvalue weighted by atomic mass is 16.1. The molecule has 1 atom stereocenters. The molecule has 0 aromatic rings. The molecular weight excluding hydrogens is 226 g/mol. The zero-order valence-corrected chi connectivity index (χ0v) is 12.6. The smallest absolute Gasteiger partial charge is 0.222 e. The van der Waals surface area contributed by atoms with Crippen LogP contribution in [0.15, 0.2) is 0 Å². The van der Waals surface area contributed by atoms with E-state index in [2.05, 4.69) is 35.9 Å². The van der Waals surface area contributed by atoms with Crippen LogP contribution in [-0.4, -0.2) is 60.5 Å². The molecule has 1 unspecified atom stereocenters. The molecule has 0 aromatic carbocycles. The Morgan fingerprint density at radius 1 is 1.06 bits per heavy atom. The van der Waals surface area contributed by atoms with Crippen molar-refractivity contribution in [1.29, 1.82) is 0 Å². The summed E-state index contributed by atoms with van der Waals surface area (Å²) in [4.78, 5) is 16.6. The zero-order chi connectivity index (χ0) is 13.7. The summed E-state index contributed by atoms with van der Waals surface area (Å²) in [5, 5.41) is 3.07. The number of amides is 1. The van der Waals surface area contributed by atoms with Gasteiger partial charge in [0.15, 0.2) is 0 Å². The molecule has 0 bridgehead atoms. The fraction of sp³-hybridized carbons (Fsp3) is 0.929. The van der Waals surface area contributed by atoms with Crippen LogP contribution < -0.4 is 5.32 Å². The van der Waals surface area contributed by atoms with Gasteiger partial charge in [-0.2, -0.15) is 0 Å². The first kappa shape index (κ1) is 15.4. The van der Waals surface area contributed by atoms with Gasteiger partial charge in [0, 0.05) is 50.7 Å². The third-order valence-corrected chi connectivity index (χ3v) is 3.58. The number of hydrogen-bond acceptors (Lipinski definition) is 3. The Bertz CT molecular complexity index is 258. The fourth-order valence-electron chi connectivity index (χ4n) is 2.30. The molecule has 4 nitrogen and oxygen atoms in total. The number of nitrogens with zero attached hydrogens (tertiary/aromatic N) is 2. The molecule has 0 spiro atoms. The SMILES string of the molecule is CC(CN1CCN(C(C)C)CC1)NC(=O)C(C)C. The van der Waals surface area contributed by atoms with Crippen LogP contribution in [0.25, 0.3) is 0 Å². The first-order valence-electron chi connectivity index (χ1n) is 7.17. The minimum atomic E-state index is 0.0743. The summed E-state index contributed by atoms with van der Waals surface area (Å²) in [5.41, 5.74) is 0. The highest BCUT2D eigenvalue weighted by molar-refractivity contribution is 5.78. The van der Waals surface area contributed by atoms with Gasteiger partial charge in [0.05, 0.1) is 0 Å². The maximum Gasteiger partial charge on any atom is 0.222 e. The fourth-order valence-corrected chi connectivity index (χ4v) is 2.30. The number of nitrogens with one attached hydrogen (secondary N) is 1. The quantitative estimate of drug-likeness (QED) is 0.801. The van der Waals surface area contributed by atoms with E-state index in [1.165, 1.54) is 0 Å². The molecular formula is C14H29N3O. The van der Waals surface area contributed by atoms with Crippen LogP contribution in [0, 0.1) is 5.92 Å². The first-order valence-corrected chi connectivity index (χ1v) is 7.17. The van der Waals surface area contributed by atoms with Gasteiger partial charge >= 0.3 is 0 Å². The van der Waals surface area contributed by atoms with E-state index >= 15 is 0 Å². The second-order valence-corrected chi connectivity index (χ2v) is 5.99. The van der Waals surface area contributed by atoms with E-state index in [-0.39, 0.29) is 17.9 Å². The molecule has 0 radical (unpaired) electrons. The Morgan fingerprint density at radius 3 is 2.06 bits per heavy atom. The van der Waals surface area contributed by atoms with E-state index in [9.17, 15) is 4.79 Å². The van der Waals surface area contributed by atoms with E-state index in [4.69, 9.17) is 0 Å². The van der Waals surface area contributed by atoms with Gasteiger partial charge in [-0.05, 0) is 20.8 Å². The monoisotopic (exact) mass is 255 g/mol. The number of hydrogen-bond donors (Lipinski definition) is 1. The van der Waals surface area contributed by atoms with Gasteiger partial charge in [-0.3, -0.25) is 14.6 Å². The van der Waals surface area contributed by atoms with Crippen LogP contribution in [0.4, 0.5) is 0 Å². The van der Waals surface area contributed by atoms with Crippen LogP contribution >= 0.6 is 0 Å². The lowest BCUT2D eigenvalue weighted by atomic mass is 10.2. The van der Waals surface area contributed by atoms with Crippen molar-refractivity contribution in [3.8, 4) is 0 Å². The van der Waals surface area contributed by atoms with Crippen LogP contribution in [0.1, 0.15) is 34.6 Å². The Labute approximate surface area is 112 Å². The molecule has 1 rings (SSSR count). The maximum absolute atomic E-state index is 11.6. The molecule has 1 aliphatic heterocycles. The van der Waals surface area contributed by atoms with Crippen LogP contribution in [0.5, 0.6) is 0 Å². The molecule has 18 heavy (non-hydrogen) atoms. The molecule has 1 N–H and O–H groups in total. The van der Waals surface area contributed by atoms with Crippen LogP contribution in [0.3, 0.4) is 0 Å². The Balaban J connectivity index is 2.26. The summed E-state index contributed by atoms with van der Waals surface area (Å²) in [6, 6.07) is 0.885. The maximum atomic E-state index is 11.6. The van der Waals surface area contributed by atoms with E-state index < -0.39 is 0 Å². The Morgan fingerprint density at radius 2 is 1.61 bits per heavy atom. The molecule has 1 amide bonds. The van der Waals surface area contributed by atoms with E-state index in [1.807, 2.05) is 13.8 Å². The van der Waals surface area contributed by atoms with Crippen molar-refractivity contribution in [3.63, 3.8) is 0 Å². The van der Waals surface area contributed by atoms with E-state index in [1.54, 1.807) is 0 Å². The third kappa shape index (κ3) is 4.94. The van der Waals surface area contributed by atoms with Gasteiger partial charge in [0.1, 0.15) is 0 Å². The van der Waals surface area contributed by atoms with Gasteiger partial charge in [0.2, 0.25) is 5.91 Å². The number of piperazine rings is 1. The molecule has 0 aliphatic carbocycles. The highest BCUT2D eigenvalue weighted by Crippen LogP contribution is 2.06. The van der Waals surface area contributed by atoms with E-state index in [0.717, 1.165) is 32.7 Å².